The lowest BCUT2D eigenvalue weighted by atomic mass is 9.98. The van der Waals surface area contributed by atoms with Crippen molar-refractivity contribution in [3.05, 3.63) is 35.9 Å². The second kappa shape index (κ2) is 6.96. The molecule has 0 spiro atoms. The Labute approximate surface area is 114 Å². The van der Waals surface area contributed by atoms with Gasteiger partial charge >= 0.3 is 5.97 Å². The number of carboxylic acids is 1. The lowest BCUT2D eigenvalue weighted by Gasteiger charge is -2.29. The van der Waals surface area contributed by atoms with Crippen LogP contribution < -0.4 is 0 Å². The Bertz CT molecular complexity index is 473. The van der Waals surface area contributed by atoms with Crippen LogP contribution in [0.2, 0.25) is 0 Å². The molecule has 1 saturated heterocycles. The van der Waals surface area contributed by atoms with E-state index in [0.717, 1.165) is 37.9 Å². The van der Waals surface area contributed by atoms with Crippen LogP contribution in [0.1, 0.15) is 24.8 Å². The van der Waals surface area contributed by atoms with Crippen LogP contribution in [0.3, 0.4) is 0 Å². The molecule has 1 unspecified atom stereocenters. The van der Waals surface area contributed by atoms with Gasteiger partial charge in [0.15, 0.2) is 0 Å². The number of hydrogen-bond acceptors (Lipinski definition) is 2. The molecule has 0 aromatic heterocycles. The minimum atomic E-state index is -0.667. The third kappa shape index (κ3) is 4.42. The van der Waals surface area contributed by atoms with Crippen LogP contribution in [-0.2, 0) is 4.79 Å². The highest BCUT2D eigenvalue weighted by Gasteiger charge is 2.24. The predicted octanol–water partition coefficient (Wildman–Crippen LogP) is 2.22. The van der Waals surface area contributed by atoms with Crippen molar-refractivity contribution >= 4 is 5.97 Å². The fraction of sp³-hybridized carbons (Fsp3) is 0.438. The molecular formula is C16H19NO2. The van der Waals surface area contributed by atoms with Gasteiger partial charge in [-0.15, -0.1) is 0 Å². The molecule has 100 valence electrons. The monoisotopic (exact) mass is 257 g/mol. The van der Waals surface area contributed by atoms with Crippen molar-refractivity contribution in [3.8, 4) is 11.8 Å². The van der Waals surface area contributed by atoms with Gasteiger partial charge in [-0.1, -0.05) is 30.0 Å². The third-order valence-corrected chi connectivity index (χ3v) is 3.41. The summed E-state index contributed by atoms with van der Waals surface area (Å²) in [7, 11) is 0. The normalized spacial score (nSPS) is 19.5. The van der Waals surface area contributed by atoms with Crippen molar-refractivity contribution in [1.82, 2.24) is 4.90 Å². The summed E-state index contributed by atoms with van der Waals surface area (Å²) in [5.74, 6) is 5.41. The van der Waals surface area contributed by atoms with Crippen molar-refractivity contribution in [2.24, 2.45) is 5.92 Å². The highest BCUT2D eigenvalue weighted by atomic mass is 16.4. The van der Waals surface area contributed by atoms with Gasteiger partial charge in [-0.3, -0.25) is 4.79 Å². The van der Waals surface area contributed by atoms with Gasteiger partial charge in [-0.25, -0.2) is 0 Å². The fourth-order valence-electron chi connectivity index (χ4n) is 2.36. The highest BCUT2D eigenvalue weighted by molar-refractivity contribution is 5.70. The van der Waals surface area contributed by atoms with Gasteiger partial charge in [0.2, 0.25) is 0 Å². The Kier molecular flexibility index (Phi) is 5.00. The zero-order chi connectivity index (χ0) is 13.5. The van der Waals surface area contributed by atoms with Crippen molar-refractivity contribution in [3.63, 3.8) is 0 Å². The molecule has 3 nitrogen and oxygen atoms in total. The van der Waals surface area contributed by atoms with Crippen molar-refractivity contribution in [1.29, 1.82) is 0 Å². The first-order valence-electron chi connectivity index (χ1n) is 6.75. The molecule has 1 fully saturated rings. The third-order valence-electron chi connectivity index (χ3n) is 3.41. The first-order valence-corrected chi connectivity index (χ1v) is 6.75. The van der Waals surface area contributed by atoms with Crippen LogP contribution in [0.15, 0.2) is 30.3 Å². The zero-order valence-electron chi connectivity index (χ0n) is 11.0. The standard InChI is InChI=1S/C16H19NO2/c18-16(19)15-10-6-12-17(13-15)11-5-4-9-14-7-2-1-3-8-14/h1-3,7-8,15H,5-6,10-13H2,(H,18,19). The molecule has 2 rings (SSSR count). The van der Waals surface area contributed by atoms with E-state index in [-0.39, 0.29) is 5.92 Å². The number of rotatable bonds is 3. The summed E-state index contributed by atoms with van der Waals surface area (Å²) in [5.41, 5.74) is 1.03. The molecule has 1 heterocycles. The van der Waals surface area contributed by atoms with Crippen LogP contribution in [-0.4, -0.2) is 35.6 Å². The van der Waals surface area contributed by atoms with Crippen LogP contribution in [0.4, 0.5) is 0 Å². The van der Waals surface area contributed by atoms with Gasteiger partial charge < -0.3 is 10.0 Å². The van der Waals surface area contributed by atoms with Crippen LogP contribution in [0.25, 0.3) is 0 Å². The number of carbonyl (C=O) groups is 1. The summed E-state index contributed by atoms with van der Waals surface area (Å²) in [6, 6.07) is 9.92. The van der Waals surface area contributed by atoms with E-state index in [4.69, 9.17) is 5.11 Å². The Morgan fingerprint density at radius 1 is 1.37 bits per heavy atom. The fourth-order valence-corrected chi connectivity index (χ4v) is 2.36. The summed E-state index contributed by atoms with van der Waals surface area (Å²) in [4.78, 5) is 13.2. The Balaban J connectivity index is 1.77. The largest absolute Gasteiger partial charge is 0.481 e. The van der Waals surface area contributed by atoms with E-state index in [2.05, 4.69) is 16.7 Å². The quantitative estimate of drug-likeness (QED) is 0.844. The maximum Gasteiger partial charge on any atom is 0.307 e. The summed E-state index contributed by atoms with van der Waals surface area (Å²) in [6.07, 6.45) is 2.58. The summed E-state index contributed by atoms with van der Waals surface area (Å²) in [5, 5.41) is 9.02. The van der Waals surface area contributed by atoms with E-state index in [1.807, 2.05) is 30.3 Å². The maximum absolute atomic E-state index is 11.0. The number of piperidine rings is 1. The average Bonchev–Trinajstić information content (AvgIpc) is 2.45. The maximum atomic E-state index is 11.0. The minimum Gasteiger partial charge on any atom is -0.481 e. The van der Waals surface area contributed by atoms with E-state index in [9.17, 15) is 4.79 Å². The molecule has 0 radical (unpaired) electrons. The molecule has 0 saturated carbocycles. The Morgan fingerprint density at radius 3 is 2.89 bits per heavy atom. The van der Waals surface area contributed by atoms with Crippen molar-refractivity contribution in [2.45, 2.75) is 19.3 Å². The van der Waals surface area contributed by atoms with Gasteiger partial charge in [-0.05, 0) is 31.5 Å². The summed E-state index contributed by atoms with van der Waals surface area (Å²) >= 11 is 0. The van der Waals surface area contributed by atoms with Crippen LogP contribution >= 0.6 is 0 Å². The second-order valence-corrected chi connectivity index (χ2v) is 4.90. The van der Waals surface area contributed by atoms with Crippen molar-refractivity contribution < 1.29 is 9.90 Å². The van der Waals surface area contributed by atoms with Gasteiger partial charge in [0.1, 0.15) is 0 Å². The molecule has 0 amide bonds. The van der Waals surface area contributed by atoms with E-state index < -0.39 is 5.97 Å². The molecule has 19 heavy (non-hydrogen) atoms. The summed E-state index contributed by atoms with van der Waals surface area (Å²) in [6.45, 7) is 2.53. The molecule has 1 aromatic carbocycles. The smallest absolute Gasteiger partial charge is 0.307 e. The Hall–Kier alpha value is -1.79. The number of carboxylic acid groups (broad SMARTS) is 1. The van der Waals surface area contributed by atoms with Gasteiger partial charge in [0, 0.05) is 25.1 Å². The number of likely N-dealkylation sites (tertiary alicyclic amines) is 1. The second-order valence-electron chi connectivity index (χ2n) is 4.90. The van der Waals surface area contributed by atoms with Gasteiger partial charge in [0.25, 0.3) is 0 Å². The number of benzene rings is 1. The van der Waals surface area contributed by atoms with Crippen LogP contribution in [0.5, 0.6) is 0 Å². The first kappa shape index (κ1) is 13.6. The van der Waals surface area contributed by atoms with E-state index in [1.165, 1.54) is 0 Å². The van der Waals surface area contributed by atoms with Gasteiger partial charge in [-0.2, -0.15) is 0 Å². The Morgan fingerprint density at radius 2 is 2.16 bits per heavy atom. The number of aliphatic carboxylic acids is 1. The van der Waals surface area contributed by atoms with Crippen LogP contribution in [0, 0.1) is 17.8 Å². The first-order chi connectivity index (χ1) is 9.25. The van der Waals surface area contributed by atoms with E-state index in [1.54, 1.807) is 0 Å². The topological polar surface area (TPSA) is 40.5 Å². The minimum absolute atomic E-state index is 0.198. The molecule has 3 heteroatoms. The molecule has 1 aromatic rings. The van der Waals surface area contributed by atoms with Gasteiger partial charge in [0.05, 0.1) is 5.92 Å². The lowest BCUT2D eigenvalue weighted by molar-refractivity contribution is -0.143. The molecule has 1 atom stereocenters. The van der Waals surface area contributed by atoms with E-state index >= 15 is 0 Å². The predicted molar refractivity (Wildman–Crippen MR) is 74.7 cm³/mol. The van der Waals surface area contributed by atoms with E-state index in [0.29, 0.717) is 6.54 Å². The molecular weight excluding hydrogens is 238 g/mol. The highest BCUT2D eigenvalue weighted by Crippen LogP contribution is 2.16. The molecule has 0 aliphatic carbocycles. The molecule has 1 aliphatic rings. The molecule has 0 bridgehead atoms. The van der Waals surface area contributed by atoms with Crippen molar-refractivity contribution in [2.75, 3.05) is 19.6 Å². The molecule has 1 aliphatic heterocycles. The summed E-state index contributed by atoms with van der Waals surface area (Å²) < 4.78 is 0. The number of hydrogen-bond donors (Lipinski definition) is 1. The number of nitrogens with zero attached hydrogens (tertiary/aromatic N) is 1. The average molecular weight is 257 g/mol. The molecule has 1 N–H and O–H groups in total. The zero-order valence-corrected chi connectivity index (χ0v) is 11.0. The lowest BCUT2D eigenvalue weighted by Crippen LogP contribution is -2.39. The SMILES string of the molecule is O=C(O)C1CCCN(CCC#Cc2ccccc2)C1.